The standard InChI is InChI=1S/C10H8BrNOS/c1-13-9-6-14-10(12-9)7-3-2-4-8(11)5-7/h2-6H,1H3. The molecule has 0 fully saturated rings. The van der Waals surface area contributed by atoms with Crippen molar-refractivity contribution in [1.82, 2.24) is 4.98 Å². The zero-order chi connectivity index (χ0) is 9.97. The summed E-state index contributed by atoms with van der Waals surface area (Å²) in [6.07, 6.45) is 0. The van der Waals surface area contributed by atoms with Gasteiger partial charge in [-0.05, 0) is 12.1 Å². The maximum absolute atomic E-state index is 5.03. The molecular weight excluding hydrogens is 262 g/mol. The van der Waals surface area contributed by atoms with E-state index in [9.17, 15) is 0 Å². The van der Waals surface area contributed by atoms with Crippen LogP contribution in [0.5, 0.6) is 5.88 Å². The largest absolute Gasteiger partial charge is 0.480 e. The Morgan fingerprint density at radius 1 is 1.43 bits per heavy atom. The molecule has 2 nitrogen and oxygen atoms in total. The van der Waals surface area contributed by atoms with Crippen molar-refractivity contribution in [2.24, 2.45) is 0 Å². The predicted molar refractivity (Wildman–Crippen MR) is 61.8 cm³/mol. The Balaban J connectivity index is 2.39. The highest BCUT2D eigenvalue weighted by Gasteiger charge is 2.04. The predicted octanol–water partition coefficient (Wildman–Crippen LogP) is 3.58. The Hall–Kier alpha value is -0.870. The van der Waals surface area contributed by atoms with E-state index in [1.165, 1.54) is 0 Å². The molecule has 4 heteroatoms. The molecule has 2 aromatic rings. The molecule has 2 rings (SSSR count). The highest BCUT2D eigenvalue weighted by Crippen LogP contribution is 2.28. The summed E-state index contributed by atoms with van der Waals surface area (Å²) in [6, 6.07) is 8.06. The van der Waals surface area contributed by atoms with Crippen LogP contribution in [0.2, 0.25) is 0 Å². The maximum Gasteiger partial charge on any atom is 0.224 e. The van der Waals surface area contributed by atoms with Crippen LogP contribution in [-0.4, -0.2) is 12.1 Å². The van der Waals surface area contributed by atoms with Gasteiger partial charge in [-0.3, -0.25) is 0 Å². The van der Waals surface area contributed by atoms with Gasteiger partial charge in [0.25, 0.3) is 0 Å². The van der Waals surface area contributed by atoms with Gasteiger partial charge in [-0.2, -0.15) is 0 Å². The lowest BCUT2D eigenvalue weighted by molar-refractivity contribution is 0.401. The van der Waals surface area contributed by atoms with Crippen molar-refractivity contribution in [3.05, 3.63) is 34.1 Å². The second kappa shape index (κ2) is 4.11. The van der Waals surface area contributed by atoms with Crippen LogP contribution in [0, 0.1) is 0 Å². The van der Waals surface area contributed by atoms with Crippen LogP contribution in [0.3, 0.4) is 0 Å². The number of benzene rings is 1. The first-order valence-electron chi connectivity index (χ1n) is 4.05. The SMILES string of the molecule is COc1csc(-c2cccc(Br)c2)n1. The number of halogens is 1. The molecule has 0 atom stereocenters. The summed E-state index contributed by atoms with van der Waals surface area (Å²) in [7, 11) is 1.62. The summed E-state index contributed by atoms with van der Waals surface area (Å²) in [5.74, 6) is 0.671. The molecule has 0 unspecified atom stereocenters. The summed E-state index contributed by atoms with van der Waals surface area (Å²) in [5.41, 5.74) is 1.10. The van der Waals surface area contributed by atoms with E-state index in [0.29, 0.717) is 5.88 Å². The van der Waals surface area contributed by atoms with Crippen LogP contribution >= 0.6 is 27.3 Å². The smallest absolute Gasteiger partial charge is 0.224 e. The van der Waals surface area contributed by atoms with Crippen LogP contribution in [0.1, 0.15) is 0 Å². The van der Waals surface area contributed by atoms with Gasteiger partial charge >= 0.3 is 0 Å². The van der Waals surface area contributed by atoms with Crippen molar-refractivity contribution in [3.63, 3.8) is 0 Å². The minimum absolute atomic E-state index is 0.671. The number of aromatic nitrogens is 1. The molecule has 0 spiro atoms. The van der Waals surface area contributed by atoms with Gasteiger partial charge in [0.15, 0.2) is 0 Å². The Morgan fingerprint density at radius 3 is 2.93 bits per heavy atom. The Labute approximate surface area is 94.7 Å². The molecule has 0 radical (unpaired) electrons. The van der Waals surface area contributed by atoms with Gasteiger partial charge in [0, 0.05) is 10.0 Å². The highest BCUT2D eigenvalue weighted by molar-refractivity contribution is 9.10. The van der Waals surface area contributed by atoms with Crippen LogP contribution in [0.25, 0.3) is 10.6 Å². The van der Waals surface area contributed by atoms with E-state index in [0.717, 1.165) is 15.0 Å². The molecule has 0 aliphatic heterocycles. The number of thiazole rings is 1. The average Bonchev–Trinajstić information content (AvgIpc) is 2.66. The van der Waals surface area contributed by atoms with Crippen LogP contribution in [0.15, 0.2) is 34.1 Å². The molecule has 0 aliphatic rings. The number of hydrogen-bond donors (Lipinski definition) is 0. The Kier molecular flexibility index (Phi) is 2.84. The van der Waals surface area contributed by atoms with Gasteiger partial charge in [-0.15, -0.1) is 11.3 Å². The Morgan fingerprint density at radius 2 is 2.29 bits per heavy atom. The second-order valence-electron chi connectivity index (χ2n) is 2.71. The van der Waals surface area contributed by atoms with E-state index in [-0.39, 0.29) is 0 Å². The monoisotopic (exact) mass is 269 g/mol. The van der Waals surface area contributed by atoms with Crippen LogP contribution < -0.4 is 4.74 Å². The van der Waals surface area contributed by atoms with Crippen molar-refractivity contribution in [3.8, 4) is 16.5 Å². The van der Waals surface area contributed by atoms with Crippen LogP contribution in [-0.2, 0) is 0 Å². The average molecular weight is 270 g/mol. The lowest BCUT2D eigenvalue weighted by Crippen LogP contribution is -1.81. The third kappa shape index (κ3) is 1.96. The van der Waals surface area contributed by atoms with E-state index in [1.54, 1.807) is 18.4 Å². The molecule has 1 heterocycles. The fourth-order valence-corrected chi connectivity index (χ4v) is 2.27. The number of rotatable bonds is 2. The van der Waals surface area contributed by atoms with Gasteiger partial charge in [0.1, 0.15) is 5.01 Å². The topological polar surface area (TPSA) is 22.1 Å². The Bertz CT molecular complexity index is 441. The van der Waals surface area contributed by atoms with Crippen LogP contribution in [0.4, 0.5) is 0 Å². The molecule has 0 saturated heterocycles. The number of hydrogen-bond acceptors (Lipinski definition) is 3. The van der Waals surface area contributed by atoms with Crippen molar-refractivity contribution >= 4 is 27.3 Å². The highest BCUT2D eigenvalue weighted by atomic mass is 79.9. The molecule has 0 N–H and O–H groups in total. The first-order chi connectivity index (χ1) is 6.79. The first kappa shape index (κ1) is 9.68. The molecule has 0 bridgehead atoms. The third-order valence-corrected chi connectivity index (χ3v) is 3.13. The zero-order valence-electron chi connectivity index (χ0n) is 7.53. The molecule has 1 aromatic carbocycles. The minimum atomic E-state index is 0.671. The maximum atomic E-state index is 5.03. The molecule has 72 valence electrons. The summed E-state index contributed by atoms with van der Waals surface area (Å²) in [4.78, 5) is 4.32. The lowest BCUT2D eigenvalue weighted by Gasteiger charge is -1.96. The number of ether oxygens (including phenoxy) is 1. The van der Waals surface area contributed by atoms with Crippen molar-refractivity contribution < 1.29 is 4.74 Å². The van der Waals surface area contributed by atoms with Gasteiger partial charge < -0.3 is 4.74 Å². The molecule has 1 aromatic heterocycles. The van der Waals surface area contributed by atoms with Crippen molar-refractivity contribution in [2.75, 3.05) is 7.11 Å². The third-order valence-electron chi connectivity index (χ3n) is 1.76. The second-order valence-corrected chi connectivity index (χ2v) is 4.48. The number of methoxy groups -OCH3 is 1. The summed E-state index contributed by atoms with van der Waals surface area (Å²) in [6.45, 7) is 0. The summed E-state index contributed by atoms with van der Waals surface area (Å²) < 4.78 is 6.09. The molecule has 0 aliphatic carbocycles. The minimum Gasteiger partial charge on any atom is -0.480 e. The van der Waals surface area contributed by atoms with E-state index in [2.05, 4.69) is 20.9 Å². The van der Waals surface area contributed by atoms with E-state index in [4.69, 9.17) is 4.74 Å². The number of nitrogens with zero attached hydrogens (tertiary/aromatic N) is 1. The molecular formula is C10H8BrNOS. The van der Waals surface area contributed by atoms with Gasteiger partial charge in [0.05, 0.1) is 12.5 Å². The van der Waals surface area contributed by atoms with E-state index in [1.807, 2.05) is 29.6 Å². The fourth-order valence-electron chi connectivity index (χ4n) is 1.11. The van der Waals surface area contributed by atoms with E-state index < -0.39 is 0 Å². The molecule has 14 heavy (non-hydrogen) atoms. The molecule has 0 amide bonds. The zero-order valence-corrected chi connectivity index (χ0v) is 9.93. The van der Waals surface area contributed by atoms with E-state index >= 15 is 0 Å². The molecule has 0 saturated carbocycles. The summed E-state index contributed by atoms with van der Waals surface area (Å²) >= 11 is 5.01. The van der Waals surface area contributed by atoms with Crippen molar-refractivity contribution in [1.29, 1.82) is 0 Å². The van der Waals surface area contributed by atoms with Gasteiger partial charge in [-0.1, -0.05) is 28.1 Å². The quantitative estimate of drug-likeness (QED) is 0.832. The summed E-state index contributed by atoms with van der Waals surface area (Å²) in [5, 5.41) is 2.87. The first-order valence-corrected chi connectivity index (χ1v) is 5.72. The van der Waals surface area contributed by atoms with Gasteiger partial charge in [-0.25, -0.2) is 4.98 Å². The normalized spacial score (nSPS) is 10.1. The van der Waals surface area contributed by atoms with Crippen molar-refractivity contribution in [2.45, 2.75) is 0 Å². The lowest BCUT2D eigenvalue weighted by atomic mass is 10.2. The fraction of sp³-hybridized carbons (Fsp3) is 0.100. The van der Waals surface area contributed by atoms with Gasteiger partial charge in [0.2, 0.25) is 5.88 Å².